The number of aromatic nitrogens is 2. The van der Waals surface area contributed by atoms with Gasteiger partial charge in [0.15, 0.2) is 0 Å². The number of hydrogen-bond donors (Lipinski definition) is 0. The van der Waals surface area contributed by atoms with Crippen LogP contribution in [0, 0.1) is 13.8 Å². The first-order valence-corrected chi connectivity index (χ1v) is 8.05. The number of rotatable bonds is 3. The highest BCUT2D eigenvalue weighted by Gasteiger charge is 2.25. The minimum atomic E-state index is 0.140. The summed E-state index contributed by atoms with van der Waals surface area (Å²) in [4.78, 5) is 14.6. The molecule has 2 heterocycles. The zero-order chi connectivity index (χ0) is 16.4. The van der Waals surface area contributed by atoms with Gasteiger partial charge in [0, 0.05) is 17.8 Å². The smallest absolute Gasteiger partial charge is 0.227 e. The molecule has 1 atom stereocenters. The van der Waals surface area contributed by atoms with Gasteiger partial charge >= 0.3 is 0 Å². The van der Waals surface area contributed by atoms with Crippen molar-refractivity contribution < 1.29 is 9.53 Å². The minimum absolute atomic E-state index is 0.140. The van der Waals surface area contributed by atoms with E-state index in [1.165, 1.54) is 0 Å². The standard InChI is InChI=1S/C18H23N3O2/c1-13-12-23-10-9-20(13)18(22)11-17-14(2)19-21(15(17)3)16-7-5-4-6-8-16/h4-8,13H,9-12H2,1-3H3/t13-/m1/s1. The second kappa shape index (κ2) is 6.54. The number of benzene rings is 1. The van der Waals surface area contributed by atoms with E-state index in [0.29, 0.717) is 26.2 Å². The third-order valence-corrected chi connectivity index (χ3v) is 4.46. The van der Waals surface area contributed by atoms with Gasteiger partial charge in [-0.25, -0.2) is 4.68 Å². The van der Waals surface area contributed by atoms with Crippen LogP contribution in [-0.4, -0.2) is 46.4 Å². The lowest BCUT2D eigenvalue weighted by molar-refractivity contribution is -0.138. The number of carbonyl (C=O) groups excluding carboxylic acids is 1. The van der Waals surface area contributed by atoms with Crippen LogP contribution in [0.2, 0.25) is 0 Å². The van der Waals surface area contributed by atoms with E-state index in [2.05, 4.69) is 5.10 Å². The van der Waals surface area contributed by atoms with Crippen molar-refractivity contribution in [1.82, 2.24) is 14.7 Å². The van der Waals surface area contributed by atoms with Gasteiger partial charge in [-0.3, -0.25) is 4.79 Å². The van der Waals surface area contributed by atoms with Crippen LogP contribution in [0.15, 0.2) is 30.3 Å². The summed E-state index contributed by atoms with van der Waals surface area (Å²) in [6, 6.07) is 10.2. The largest absolute Gasteiger partial charge is 0.377 e. The molecule has 0 N–H and O–H groups in total. The molecule has 1 aromatic heterocycles. The molecule has 1 fully saturated rings. The molecule has 1 aromatic carbocycles. The van der Waals surface area contributed by atoms with Crippen molar-refractivity contribution in [2.24, 2.45) is 0 Å². The summed E-state index contributed by atoms with van der Waals surface area (Å²) in [5.74, 6) is 0.152. The molecule has 0 radical (unpaired) electrons. The van der Waals surface area contributed by atoms with Gasteiger partial charge in [-0.15, -0.1) is 0 Å². The number of aryl methyl sites for hydroxylation is 1. The molecule has 0 aliphatic carbocycles. The Morgan fingerprint density at radius 3 is 2.74 bits per heavy atom. The summed E-state index contributed by atoms with van der Waals surface area (Å²) in [6.07, 6.45) is 0.398. The van der Waals surface area contributed by atoms with Crippen molar-refractivity contribution in [2.75, 3.05) is 19.8 Å². The molecule has 5 heteroatoms. The zero-order valence-electron chi connectivity index (χ0n) is 14.0. The number of ether oxygens (including phenoxy) is 1. The van der Waals surface area contributed by atoms with E-state index < -0.39 is 0 Å². The van der Waals surface area contributed by atoms with Crippen molar-refractivity contribution in [3.63, 3.8) is 0 Å². The lowest BCUT2D eigenvalue weighted by atomic mass is 10.1. The Hall–Kier alpha value is -2.14. The van der Waals surface area contributed by atoms with Crippen LogP contribution >= 0.6 is 0 Å². The van der Waals surface area contributed by atoms with E-state index in [0.717, 1.165) is 22.6 Å². The Kier molecular flexibility index (Phi) is 4.48. The van der Waals surface area contributed by atoms with E-state index in [1.54, 1.807) is 0 Å². The van der Waals surface area contributed by atoms with Gasteiger partial charge in [0.25, 0.3) is 0 Å². The maximum atomic E-state index is 12.7. The highest BCUT2D eigenvalue weighted by atomic mass is 16.5. The van der Waals surface area contributed by atoms with Crippen LogP contribution in [0.25, 0.3) is 5.69 Å². The summed E-state index contributed by atoms with van der Waals surface area (Å²) in [6.45, 7) is 7.94. The normalized spacial score (nSPS) is 18.2. The topological polar surface area (TPSA) is 47.4 Å². The van der Waals surface area contributed by atoms with Crippen LogP contribution in [0.1, 0.15) is 23.9 Å². The monoisotopic (exact) mass is 313 g/mol. The molecule has 0 unspecified atom stereocenters. The second-order valence-corrected chi connectivity index (χ2v) is 6.08. The van der Waals surface area contributed by atoms with Crippen molar-refractivity contribution in [2.45, 2.75) is 33.2 Å². The van der Waals surface area contributed by atoms with E-state index in [9.17, 15) is 4.79 Å². The minimum Gasteiger partial charge on any atom is -0.377 e. The van der Waals surface area contributed by atoms with Gasteiger partial charge in [0.1, 0.15) is 0 Å². The van der Waals surface area contributed by atoms with Gasteiger partial charge < -0.3 is 9.64 Å². The number of amides is 1. The molecule has 1 aliphatic rings. The maximum absolute atomic E-state index is 12.7. The molecule has 122 valence electrons. The molecule has 1 amide bonds. The quantitative estimate of drug-likeness (QED) is 0.873. The first-order valence-electron chi connectivity index (χ1n) is 8.05. The third kappa shape index (κ3) is 3.15. The molecule has 0 saturated carbocycles. The molecular formula is C18H23N3O2. The zero-order valence-corrected chi connectivity index (χ0v) is 14.0. The molecule has 2 aromatic rings. The lowest BCUT2D eigenvalue weighted by Crippen LogP contribution is -2.47. The van der Waals surface area contributed by atoms with Crippen LogP contribution in [0.4, 0.5) is 0 Å². The molecule has 23 heavy (non-hydrogen) atoms. The van der Waals surface area contributed by atoms with E-state index >= 15 is 0 Å². The van der Waals surface area contributed by atoms with Gasteiger partial charge in [-0.2, -0.15) is 5.10 Å². The fourth-order valence-corrected chi connectivity index (χ4v) is 3.10. The van der Waals surface area contributed by atoms with Crippen LogP contribution in [0.5, 0.6) is 0 Å². The van der Waals surface area contributed by atoms with Crippen molar-refractivity contribution >= 4 is 5.91 Å². The van der Waals surface area contributed by atoms with E-state index in [-0.39, 0.29) is 11.9 Å². The predicted molar refractivity (Wildman–Crippen MR) is 88.7 cm³/mol. The van der Waals surface area contributed by atoms with Gasteiger partial charge in [-0.05, 0) is 32.9 Å². The SMILES string of the molecule is Cc1nn(-c2ccccc2)c(C)c1CC(=O)N1CCOC[C@H]1C. The molecule has 0 bridgehead atoms. The first-order chi connectivity index (χ1) is 11.1. The van der Waals surface area contributed by atoms with Crippen LogP contribution in [0.3, 0.4) is 0 Å². The Morgan fingerprint density at radius 1 is 1.30 bits per heavy atom. The third-order valence-electron chi connectivity index (χ3n) is 4.46. The number of para-hydroxylation sites is 1. The maximum Gasteiger partial charge on any atom is 0.227 e. The summed E-state index contributed by atoms with van der Waals surface area (Å²) in [5, 5.41) is 4.62. The van der Waals surface area contributed by atoms with Gasteiger partial charge in [0.05, 0.1) is 37.1 Å². The average molecular weight is 313 g/mol. The van der Waals surface area contributed by atoms with Crippen LogP contribution in [-0.2, 0) is 16.0 Å². The highest BCUT2D eigenvalue weighted by Crippen LogP contribution is 2.20. The van der Waals surface area contributed by atoms with E-state index in [4.69, 9.17) is 4.74 Å². The number of morpholine rings is 1. The first kappa shape index (κ1) is 15.7. The van der Waals surface area contributed by atoms with Gasteiger partial charge in [-0.1, -0.05) is 18.2 Å². The molecule has 0 spiro atoms. The summed E-state index contributed by atoms with van der Waals surface area (Å²) >= 11 is 0. The summed E-state index contributed by atoms with van der Waals surface area (Å²) in [7, 11) is 0. The second-order valence-electron chi connectivity index (χ2n) is 6.08. The Labute approximate surface area is 136 Å². The van der Waals surface area contributed by atoms with Crippen LogP contribution < -0.4 is 0 Å². The molecular weight excluding hydrogens is 290 g/mol. The predicted octanol–water partition coefficient (Wildman–Crippen LogP) is 2.28. The number of hydrogen-bond acceptors (Lipinski definition) is 3. The van der Waals surface area contributed by atoms with Gasteiger partial charge in [0.2, 0.25) is 5.91 Å². The fraction of sp³-hybridized carbons (Fsp3) is 0.444. The molecule has 1 aliphatic heterocycles. The molecule has 1 saturated heterocycles. The van der Waals surface area contributed by atoms with E-state index in [1.807, 2.05) is 60.7 Å². The highest BCUT2D eigenvalue weighted by molar-refractivity contribution is 5.79. The Bertz CT molecular complexity index is 694. The lowest BCUT2D eigenvalue weighted by Gasteiger charge is -2.33. The molecule has 3 rings (SSSR count). The Balaban J connectivity index is 1.83. The number of nitrogens with zero attached hydrogens (tertiary/aromatic N) is 3. The fourth-order valence-electron chi connectivity index (χ4n) is 3.10. The van der Waals surface area contributed by atoms with Crippen molar-refractivity contribution in [1.29, 1.82) is 0 Å². The number of carbonyl (C=O) groups is 1. The molecule has 5 nitrogen and oxygen atoms in total. The summed E-state index contributed by atoms with van der Waals surface area (Å²) in [5.41, 5.74) is 3.99. The average Bonchev–Trinajstić information content (AvgIpc) is 2.84. The van der Waals surface area contributed by atoms with Crippen molar-refractivity contribution in [3.8, 4) is 5.69 Å². The van der Waals surface area contributed by atoms with Crippen molar-refractivity contribution in [3.05, 3.63) is 47.3 Å². The Morgan fingerprint density at radius 2 is 2.04 bits per heavy atom. The summed E-state index contributed by atoms with van der Waals surface area (Å²) < 4.78 is 7.33.